The summed E-state index contributed by atoms with van der Waals surface area (Å²) in [5.74, 6) is 0. The highest BCUT2D eigenvalue weighted by Gasteiger charge is 2.28. The minimum Gasteiger partial charge on any atom is -0.398 e. The molecule has 0 amide bonds. The molecule has 104 valence electrons. The van der Waals surface area contributed by atoms with Crippen LogP contribution in [0.1, 0.15) is 25.3 Å². The predicted molar refractivity (Wildman–Crippen MR) is 72.6 cm³/mol. The van der Waals surface area contributed by atoms with Crippen molar-refractivity contribution in [1.29, 1.82) is 0 Å². The molecule has 0 bridgehead atoms. The van der Waals surface area contributed by atoms with Gasteiger partial charge in [0.25, 0.3) is 5.69 Å². The molecular formula is C13H19N3O3. The number of nitrogens with two attached hydrogens (primary N) is 1. The number of nitro benzene ring substituents is 1. The number of benzene rings is 1. The van der Waals surface area contributed by atoms with Gasteiger partial charge in [-0.05, 0) is 37.9 Å². The van der Waals surface area contributed by atoms with E-state index in [1.165, 1.54) is 12.1 Å². The molecule has 1 aliphatic heterocycles. The van der Waals surface area contributed by atoms with Crippen LogP contribution in [0.4, 0.5) is 11.4 Å². The second-order valence-corrected chi connectivity index (χ2v) is 5.45. The average Bonchev–Trinajstić information content (AvgIpc) is 2.30. The molecule has 0 aliphatic carbocycles. The van der Waals surface area contributed by atoms with Crippen molar-refractivity contribution >= 4 is 11.4 Å². The summed E-state index contributed by atoms with van der Waals surface area (Å²) >= 11 is 0. The van der Waals surface area contributed by atoms with E-state index in [1.807, 2.05) is 6.92 Å². The van der Waals surface area contributed by atoms with Crippen molar-refractivity contribution < 1.29 is 10.0 Å². The molecule has 0 aromatic heterocycles. The zero-order chi connectivity index (χ0) is 14.0. The lowest BCUT2D eigenvalue weighted by Gasteiger charge is -2.36. The van der Waals surface area contributed by atoms with Crippen LogP contribution in [-0.4, -0.2) is 33.6 Å². The van der Waals surface area contributed by atoms with Gasteiger partial charge in [0.15, 0.2) is 0 Å². The van der Waals surface area contributed by atoms with E-state index in [4.69, 9.17) is 5.73 Å². The van der Waals surface area contributed by atoms with E-state index in [0.717, 1.165) is 24.9 Å². The molecule has 1 aliphatic rings. The number of β-amino-alcohol motifs (C(OH)–C–C–N with tert-alkyl or cyclic N) is 1. The Bertz CT molecular complexity index is 488. The first-order chi connectivity index (χ1) is 8.87. The highest BCUT2D eigenvalue weighted by Crippen LogP contribution is 2.25. The Morgan fingerprint density at radius 1 is 1.58 bits per heavy atom. The lowest BCUT2D eigenvalue weighted by atomic mass is 9.95. The van der Waals surface area contributed by atoms with Crippen molar-refractivity contribution in [1.82, 2.24) is 4.90 Å². The summed E-state index contributed by atoms with van der Waals surface area (Å²) < 4.78 is 0. The summed E-state index contributed by atoms with van der Waals surface area (Å²) in [5.41, 5.74) is 6.52. The van der Waals surface area contributed by atoms with Crippen molar-refractivity contribution in [2.75, 3.05) is 18.8 Å². The molecule has 1 aromatic carbocycles. The summed E-state index contributed by atoms with van der Waals surface area (Å²) in [7, 11) is 0. The van der Waals surface area contributed by atoms with Crippen LogP contribution in [0.3, 0.4) is 0 Å². The monoisotopic (exact) mass is 265 g/mol. The SMILES string of the molecule is CC1(O)CCCN(Cc2cc([N+](=O)[O-])ccc2N)C1. The minimum atomic E-state index is -0.687. The summed E-state index contributed by atoms with van der Waals surface area (Å²) in [5, 5.41) is 20.8. The fraction of sp³-hybridized carbons (Fsp3) is 0.538. The number of piperidine rings is 1. The van der Waals surface area contributed by atoms with Gasteiger partial charge in [-0.1, -0.05) is 0 Å². The molecule has 1 heterocycles. The number of hydrogen-bond donors (Lipinski definition) is 2. The third kappa shape index (κ3) is 3.42. The van der Waals surface area contributed by atoms with Crippen molar-refractivity contribution in [3.05, 3.63) is 33.9 Å². The normalized spacial score (nSPS) is 24.3. The van der Waals surface area contributed by atoms with Crippen LogP contribution in [0.25, 0.3) is 0 Å². The third-order valence-electron chi connectivity index (χ3n) is 3.49. The van der Waals surface area contributed by atoms with Gasteiger partial charge >= 0.3 is 0 Å². The number of anilines is 1. The number of aliphatic hydroxyl groups is 1. The number of likely N-dealkylation sites (tertiary alicyclic amines) is 1. The van der Waals surface area contributed by atoms with Crippen LogP contribution < -0.4 is 5.73 Å². The molecule has 6 nitrogen and oxygen atoms in total. The van der Waals surface area contributed by atoms with Crippen LogP contribution in [-0.2, 0) is 6.54 Å². The first-order valence-corrected chi connectivity index (χ1v) is 6.35. The van der Waals surface area contributed by atoms with Gasteiger partial charge in [0.1, 0.15) is 0 Å². The summed E-state index contributed by atoms with van der Waals surface area (Å²) in [6, 6.07) is 4.49. The quantitative estimate of drug-likeness (QED) is 0.491. The van der Waals surface area contributed by atoms with E-state index in [-0.39, 0.29) is 5.69 Å². The predicted octanol–water partition coefficient (Wildman–Crippen LogP) is 1.52. The second kappa shape index (κ2) is 5.14. The molecular weight excluding hydrogens is 246 g/mol. The van der Waals surface area contributed by atoms with Gasteiger partial charge in [0, 0.05) is 30.9 Å². The fourth-order valence-electron chi connectivity index (χ4n) is 2.54. The minimum absolute atomic E-state index is 0.0490. The lowest BCUT2D eigenvalue weighted by Crippen LogP contribution is -2.45. The van der Waals surface area contributed by atoms with Gasteiger partial charge in [-0.15, -0.1) is 0 Å². The number of hydrogen-bond acceptors (Lipinski definition) is 5. The van der Waals surface area contributed by atoms with Gasteiger partial charge in [-0.3, -0.25) is 15.0 Å². The highest BCUT2D eigenvalue weighted by molar-refractivity contribution is 5.52. The van der Waals surface area contributed by atoms with Crippen molar-refractivity contribution in [3.63, 3.8) is 0 Å². The van der Waals surface area contributed by atoms with Crippen molar-refractivity contribution in [2.45, 2.75) is 31.9 Å². The van der Waals surface area contributed by atoms with Gasteiger partial charge < -0.3 is 10.8 Å². The molecule has 19 heavy (non-hydrogen) atoms. The number of rotatable bonds is 3. The topological polar surface area (TPSA) is 92.6 Å². The van der Waals surface area contributed by atoms with Crippen molar-refractivity contribution in [3.8, 4) is 0 Å². The van der Waals surface area contributed by atoms with E-state index in [0.29, 0.717) is 18.8 Å². The second-order valence-electron chi connectivity index (χ2n) is 5.45. The van der Waals surface area contributed by atoms with E-state index in [2.05, 4.69) is 4.90 Å². The Kier molecular flexibility index (Phi) is 3.73. The molecule has 1 fully saturated rings. The third-order valence-corrected chi connectivity index (χ3v) is 3.49. The van der Waals surface area contributed by atoms with Crippen LogP contribution in [0, 0.1) is 10.1 Å². The van der Waals surface area contributed by atoms with Gasteiger partial charge in [0.05, 0.1) is 10.5 Å². The molecule has 1 atom stereocenters. The molecule has 0 radical (unpaired) electrons. The zero-order valence-electron chi connectivity index (χ0n) is 11.0. The maximum absolute atomic E-state index is 10.8. The van der Waals surface area contributed by atoms with E-state index >= 15 is 0 Å². The molecule has 6 heteroatoms. The molecule has 2 rings (SSSR count). The first-order valence-electron chi connectivity index (χ1n) is 6.35. The van der Waals surface area contributed by atoms with Gasteiger partial charge in [-0.25, -0.2) is 0 Å². The Balaban J connectivity index is 2.14. The van der Waals surface area contributed by atoms with Crippen LogP contribution in [0.5, 0.6) is 0 Å². The Morgan fingerprint density at radius 2 is 2.32 bits per heavy atom. The smallest absolute Gasteiger partial charge is 0.269 e. The maximum Gasteiger partial charge on any atom is 0.269 e. The van der Waals surface area contributed by atoms with E-state index in [1.54, 1.807) is 6.07 Å². The number of nitrogens with zero attached hydrogens (tertiary/aromatic N) is 2. The summed E-state index contributed by atoms with van der Waals surface area (Å²) in [6.07, 6.45) is 1.70. The largest absolute Gasteiger partial charge is 0.398 e. The highest BCUT2D eigenvalue weighted by atomic mass is 16.6. The van der Waals surface area contributed by atoms with Gasteiger partial charge in [-0.2, -0.15) is 0 Å². The Labute approximate surface area is 112 Å². The van der Waals surface area contributed by atoms with Crippen LogP contribution in [0.15, 0.2) is 18.2 Å². The number of nitro groups is 1. The summed E-state index contributed by atoms with van der Waals surface area (Å²) in [6.45, 7) is 3.78. The van der Waals surface area contributed by atoms with Crippen LogP contribution >= 0.6 is 0 Å². The molecule has 0 spiro atoms. The molecule has 0 saturated carbocycles. The molecule has 3 N–H and O–H groups in total. The van der Waals surface area contributed by atoms with Crippen molar-refractivity contribution in [2.24, 2.45) is 0 Å². The first kappa shape index (κ1) is 13.8. The van der Waals surface area contributed by atoms with E-state index in [9.17, 15) is 15.2 Å². The summed E-state index contributed by atoms with van der Waals surface area (Å²) in [4.78, 5) is 12.4. The Hall–Kier alpha value is -1.66. The Morgan fingerprint density at radius 3 is 2.95 bits per heavy atom. The lowest BCUT2D eigenvalue weighted by molar-refractivity contribution is -0.384. The van der Waals surface area contributed by atoms with E-state index < -0.39 is 10.5 Å². The zero-order valence-corrected chi connectivity index (χ0v) is 11.0. The average molecular weight is 265 g/mol. The number of non-ortho nitro benzene ring substituents is 1. The standard InChI is InChI=1S/C13H19N3O3/c1-13(17)5-2-6-15(9-13)8-10-7-11(16(18)19)3-4-12(10)14/h3-4,7,17H,2,5-6,8-9,14H2,1H3. The van der Waals surface area contributed by atoms with Crippen LogP contribution in [0.2, 0.25) is 0 Å². The number of nitrogen functional groups attached to an aromatic ring is 1. The maximum atomic E-state index is 10.8. The fourth-order valence-corrected chi connectivity index (χ4v) is 2.54. The molecule has 1 unspecified atom stereocenters. The van der Waals surface area contributed by atoms with Gasteiger partial charge in [0.2, 0.25) is 0 Å². The molecule has 1 aromatic rings. The molecule has 1 saturated heterocycles.